The average molecular weight is 290 g/mol. The van der Waals surface area contributed by atoms with Gasteiger partial charge in [-0.25, -0.2) is 9.37 Å². The van der Waals surface area contributed by atoms with Gasteiger partial charge in [-0.3, -0.25) is 4.90 Å². The summed E-state index contributed by atoms with van der Waals surface area (Å²) < 4.78 is 18.7. The van der Waals surface area contributed by atoms with Gasteiger partial charge in [0, 0.05) is 32.4 Å². The van der Waals surface area contributed by atoms with Gasteiger partial charge in [0.15, 0.2) is 11.6 Å². The summed E-state index contributed by atoms with van der Waals surface area (Å²) in [6.45, 7) is 3.77. The first-order valence-corrected chi connectivity index (χ1v) is 6.56. The van der Waals surface area contributed by atoms with Crippen molar-refractivity contribution in [3.05, 3.63) is 23.1 Å². The quantitative estimate of drug-likeness (QED) is 0.846. The zero-order valence-electron chi connectivity index (χ0n) is 10.5. The molecule has 1 aliphatic rings. The fourth-order valence-electron chi connectivity index (χ4n) is 1.91. The molecule has 0 bridgehead atoms. The first-order valence-electron chi connectivity index (χ1n) is 6.18. The predicted molar refractivity (Wildman–Crippen MR) is 71.0 cm³/mol. The Kier molecular flexibility index (Phi) is 5.33. The summed E-state index contributed by atoms with van der Waals surface area (Å²) in [6, 6.07) is 1.19. The van der Waals surface area contributed by atoms with E-state index in [0.29, 0.717) is 19.8 Å². The van der Waals surface area contributed by atoms with Gasteiger partial charge in [-0.15, -0.1) is 0 Å². The molecule has 1 aromatic heterocycles. The number of rotatable bonds is 5. The van der Waals surface area contributed by atoms with Gasteiger partial charge in [0.25, 0.3) is 0 Å². The molecule has 0 radical (unpaired) electrons. The highest BCUT2D eigenvalue weighted by molar-refractivity contribution is 6.30. The molecule has 0 aliphatic carbocycles. The van der Waals surface area contributed by atoms with Crippen LogP contribution in [0.2, 0.25) is 5.02 Å². The smallest absolute Gasteiger partial charge is 0.166 e. The fraction of sp³-hybridized carbons (Fsp3) is 0.583. The zero-order valence-corrected chi connectivity index (χ0v) is 11.2. The Morgan fingerprint density at radius 1 is 1.53 bits per heavy atom. The summed E-state index contributed by atoms with van der Waals surface area (Å²) in [7, 11) is 0. The number of aliphatic hydroxyl groups excluding tert-OH is 1. The molecule has 1 aromatic rings. The molecule has 7 heteroatoms. The lowest BCUT2D eigenvalue weighted by Gasteiger charge is -2.28. The largest absolute Gasteiger partial charge is 0.390 e. The number of nitrogens with one attached hydrogen (secondary N) is 1. The maximum absolute atomic E-state index is 13.4. The minimum Gasteiger partial charge on any atom is -0.390 e. The summed E-state index contributed by atoms with van der Waals surface area (Å²) >= 11 is 5.61. The van der Waals surface area contributed by atoms with E-state index in [4.69, 9.17) is 16.3 Å². The Bertz CT molecular complexity index is 416. The summed E-state index contributed by atoms with van der Waals surface area (Å²) in [5.41, 5.74) is 0. The van der Waals surface area contributed by atoms with E-state index >= 15 is 0 Å². The number of ether oxygens (including phenoxy) is 1. The van der Waals surface area contributed by atoms with E-state index in [1.54, 1.807) is 0 Å². The van der Waals surface area contributed by atoms with Crippen LogP contribution in [0.5, 0.6) is 0 Å². The average Bonchev–Trinajstić information content (AvgIpc) is 2.39. The molecule has 19 heavy (non-hydrogen) atoms. The molecule has 0 spiro atoms. The van der Waals surface area contributed by atoms with Gasteiger partial charge in [0.1, 0.15) is 0 Å². The van der Waals surface area contributed by atoms with Crippen LogP contribution in [0.4, 0.5) is 10.2 Å². The number of hydrogen-bond donors (Lipinski definition) is 2. The van der Waals surface area contributed by atoms with E-state index in [0.717, 1.165) is 13.1 Å². The molecule has 2 rings (SSSR count). The molecule has 0 amide bonds. The highest BCUT2D eigenvalue weighted by Crippen LogP contribution is 2.15. The molecule has 5 nitrogen and oxygen atoms in total. The Balaban J connectivity index is 1.77. The summed E-state index contributed by atoms with van der Waals surface area (Å²) in [4.78, 5) is 5.95. The number of β-amino-alcohol motifs (C(OH)–C–C–N with tert-alkyl or cyclic N) is 1. The molecule has 106 valence electrons. The van der Waals surface area contributed by atoms with E-state index in [2.05, 4.69) is 15.2 Å². The Morgan fingerprint density at radius 2 is 2.26 bits per heavy atom. The molecular formula is C12H17ClFN3O2. The maximum atomic E-state index is 13.4. The number of aliphatic hydroxyl groups is 1. The van der Waals surface area contributed by atoms with Crippen molar-refractivity contribution in [3.8, 4) is 0 Å². The van der Waals surface area contributed by atoms with Gasteiger partial charge in [-0.2, -0.15) is 0 Å². The maximum Gasteiger partial charge on any atom is 0.166 e. The molecule has 1 atom stereocenters. The molecular weight excluding hydrogens is 273 g/mol. The molecule has 1 saturated heterocycles. The highest BCUT2D eigenvalue weighted by Gasteiger charge is 2.15. The van der Waals surface area contributed by atoms with E-state index in [1.165, 1.54) is 12.3 Å². The lowest BCUT2D eigenvalue weighted by molar-refractivity contribution is 0.0171. The lowest BCUT2D eigenvalue weighted by atomic mass is 10.3. The Hall–Kier alpha value is -0.950. The number of anilines is 1. The van der Waals surface area contributed by atoms with Crippen LogP contribution in [0.15, 0.2) is 12.3 Å². The molecule has 1 aliphatic heterocycles. The summed E-state index contributed by atoms with van der Waals surface area (Å²) in [5.74, 6) is -0.420. The SMILES string of the molecule is O[C@H](CNc1ncc(Cl)cc1F)CN1CCOCC1. The van der Waals surface area contributed by atoms with Crippen LogP contribution in [0.3, 0.4) is 0 Å². The van der Waals surface area contributed by atoms with Crippen molar-refractivity contribution < 1.29 is 14.2 Å². The van der Waals surface area contributed by atoms with Crippen LogP contribution in [-0.2, 0) is 4.74 Å². The van der Waals surface area contributed by atoms with Crippen LogP contribution >= 0.6 is 11.6 Å². The van der Waals surface area contributed by atoms with Gasteiger partial charge in [-0.1, -0.05) is 11.6 Å². The van der Waals surface area contributed by atoms with Crippen molar-refractivity contribution in [2.45, 2.75) is 6.10 Å². The number of aromatic nitrogens is 1. The minimum atomic E-state index is -0.588. The van der Waals surface area contributed by atoms with Gasteiger partial charge in [-0.05, 0) is 6.07 Å². The van der Waals surface area contributed by atoms with Crippen molar-refractivity contribution in [2.24, 2.45) is 0 Å². The van der Waals surface area contributed by atoms with Crippen molar-refractivity contribution in [1.29, 1.82) is 0 Å². The third-order valence-corrected chi connectivity index (χ3v) is 3.09. The molecule has 1 fully saturated rings. The molecule has 2 heterocycles. The van der Waals surface area contributed by atoms with Gasteiger partial charge < -0.3 is 15.2 Å². The van der Waals surface area contributed by atoms with Gasteiger partial charge >= 0.3 is 0 Å². The van der Waals surface area contributed by atoms with Crippen LogP contribution in [0, 0.1) is 5.82 Å². The number of pyridine rings is 1. The molecule has 2 N–H and O–H groups in total. The van der Waals surface area contributed by atoms with Crippen molar-refractivity contribution in [2.75, 3.05) is 44.7 Å². The van der Waals surface area contributed by atoms with E-state index in [1.807, 2.05) is 0 Å². The second kappa shape index (κ2) is 7.00. The van der Waals surface area contributed by atoms with Crippen molar-refractivity contribution in [1.82, 2.24) is 9.88 Å². The van der Waals surface area contributed by atoms with E-state index in [-0.39, 0.29) is 17.4 Å². The molecule has 0 unspecified atom stereocenters. The number of morpholine rings is 1. The third-order valence-electron chi connectivity index (χ3n) is 2.89. The van der Waals surface area contributed by atoms with Gasteiger partial charge in [0.05, 0.1) is 24.3 Å². The second-order valence-electron chi connectivity index (χ2n) is 4.43. The van der Waals surface area contributed by atoms with Crippen LogP contribution in [0.25, 0.3) is 0 Å². The monoisotopic (exact) mass is 289 g/mol. The molecule has 0 aromatic carbocycles. The third kappa shape index (κ3) is 4.58. The fourth-order valence-corrected chi connectivity index (χ4v) is 2.05. The zero-order chi connectivity index (χ0) is 13.7. The standard InChI is InChI=1S/C12H17ClFN3O2/c13-9-5-11(14)12(15-6-9)16-7-10(18)8-17-1-3-19-4-2-17/h5-6,10,18H,1-4,7-8H2,(H,15,16)/t10-/m1/s1. The highest BCUT2D eigenvalue weighted by atomic mass is 35.5. The normalized spacial score (nSPS) is 18.3. The van der Waals surface area contributed by atoms with Gasteiger partial charge in [0.2, 0.25) is 0 Å². The Labute approximate surface area is 116 Å². The number of nitrogens with zero attached hydrogens (tertiary/aromatic N) is 2. The summed E-state index contributed by atoms with van der Waals surface area (Å²) in [6.07, 6.45) is 0.774. The number of hydrogen-bond acceptors (Lipinski definition) is 5. The van der Waals surface area contributed by atoms with Crippen LogP contribution < -0.4 is 5.32 Å². The topological polar surface area (TPSA) is 57.6 Å². The first-order chi connectivity index (χ1) is 9.15. The Morgan fingerprint density at radius 3 is 2.95 bits per heavy atom. The van der Waals surface area contributed by atoms with Crippen molar-refractivity contribution in [3.63, 3.8) is 0 Å². The first kappa shape index (κ1) is 14.5. The lowest BCUT2D eigenvalue weighted by Crippen LogP contribution is -2.42. The number of halogens is 2. The molecule has 0 saturated carbocycles. The minimum absolute atomic E-state index is 0.102. The van der Waals surface area contributed by atoms with E-state index < -0.39 is 11.9 Å². The van der Waals surface area contributed by atoms with E-state index in [9.17, 15) is 9.50 Å². The predicted octanol–water partition coefficient (Wildman–Crippen LogP) is 0.979. The second-order valence-corrected chi connectivity index (χ2v) is 4.87. The van der Waals surface area contributed by atoms with Crippen LogP contribution in [-0.4, -0.2) is 60.5 Å². The van der Waals surface area contributed by atoms with Crippen LogP contribution in [0.1, 0.15) is 0 Å². The summed E-state index contributed by atoms with van der Waals surface area (Å²) in [5, 5.41) is 12.9. The van der Waals surface area contributed by atoms with Crippen molar-refractivity contribution >= 4 is 17.4 Å².